The lowest BCUT2D eigenvalue weighted by atomic mass is 10.1. The van der Waals surface area contributed by atoms with E-state index in [2.05, 4.69) is 15.7 Å². The van der Waals surface area contributed by atoms with Crippen molar-refractivity contribution in [3.8, 4) is 5.75 Å². The van der Waals surface area contributed by atoms with E-state index in [-0.39, 0.29) is 24.3 Å². The van der Waals surface area contributed by atoms with Crippen molar-refractivity contribution in [2.45, 2.75) is 32.7 Å². The number of carbonyl (C=O) groups is 2. The number of hydrogen-bond acceptors (Lipinski definition) is 4. The van der Waals surface area contributed by atoms with E-state index in [4.69, 9.17) is 4.74 Å². The van der Waals surface area contributed by atoms with E-state index < -0.39 is 0 Å². The first-order valence-electron chi connectivity index (χ1n) is 8.33. The lowest BCUT2D eigenvalue weighted by Gasteiger charge is -2.16. The molecule has 1 heterocycles. The van der Waals surface area contributed by atoms with Crippen LogP contribution in [0.5, 0.6) is 5.75 Å². The first-order chi connectivity index (χ1) is 12.0. The van der Waals surface area contributed by atoms with Crippen LogP contribution in [-0.2, 0) is 16.6 Å². The van der Waals surface area contributed by atoms with Gasteiger partial charge in [0.15, 0.2) is 0 Å². The number of nitrogens with one attached hydrogen (secondary N) is 2. The molecule has 7 heteroatoms. The number of amides is 2. The first-order valence-corrected chi connectivity index (χ1v) is 8.33. The first kappa shape index (κ1) is 18.5. The van der Waals surface area contributed by atoms with Gasteiger partial charge in [0.25, 0.3) is 0 Å². The molecule has 7 nitrogen and oxygen atoms in total. The molecule has 0 aliphatic heterocycles. The third-order valence-electron chi connectivity index (χ3n) is 3.65. The van der Waals surface area contributed by atoms with Crippen molar-refractivity contribution in [1.29, 1.82) is 0 Å². The van der Waals surface area contributed by atoms with E-state index in [0.29, 0.717) is 24.5 Å². The molecule has 0 saturated heterocycles. The van der Waals surface area contributed by atoms with Gasteiger partial charge in [-0.3, -0.25) is 14.3 Å². The number of nitrogens with zero attached hydrogens (tertiary/aromatic N) is 2. The van der Waals surface area contributed by atoms with E-state index in [1.54, 1.807) is 29.1 Å². The molecule has 0 aliphatic rings. The lowest BCUT2D eigenvalue weighted by molar-refractivity contribution is -0.127. The van der Waals surface area contributed by atoms with Crippen LogP contribution < -0.4 is 15.4 Å². The monoisotopic (exact) mass is 344 g/mol. The van der Waals surface area contributed by atoms with Crippen LogP contribution in [0.2, 0.25) is 0 Å². The van der Waals surface area contributed by atoms with Crippen molar-refractivity contribution in [2.75, 3.05) is 11.9 Å². The lowest BCUT2D eigenvalue weighted by Crippen LogP contribution is -2.31. The van der Waals surface area contributed by atoms with Crippen molar-refractivity contribution < 1.29 is 14.3 Å². The SMILES string of the molecule is CCOc1ccccc1NC(=O)CC(=O)NC(CC)c1cnn(C)c1. The molecule has 1 aromatic heterocycles. The topological polar surface area (TPSA) is 85.2 Å². The van der Waals surface area contributed by atoms with Crippen molar-refractivity contribution >= 4 is 17.5 Å². The standard InChI is InChI=1S/C18H24N4O3/c1-4-14(13-11-19-22(3)12-13)20-17(23)10-18(24)21-15-8-6-7-9-16(15)25-5-2/h6-9,11-12,14H,4-5,10H2,1-3H3,(H,20,23)(H,21,24). The number of carbonyl (C=O) groups excluding carboxylic acids is 2. The van der Waals surface area contributed by atoms with Gasteiger partial charge in [-0.2, -0.15) is 5.10 Å². The van der Waals surface area contributed by atoms with Crippen LogP contribution in [0.3, 0.4) is 0 Å². The Morgan fingerprint density at radius 3 is 2.64 bits per heavy atom. The maximum atomic E-state index is 12.2. The number of para-hydroxylation sites is 2. The van der Waals surface area contributed by atoms with Gasteiger partial charge >= 0.3 is 0 Å². The summed E-state index contributed by atoms with van der Waals surface area (Å²) in [6.07, 6.45) is 4.03. The molecule has 0 aliphatic carbocycles. The van der Waals surface area contributed by atoms with Gasteiger partial charge in [-0.25, -0.2) is 0 Å². The van der Waals surface area contributed by atoms with Crippen molar-refractivity contribution in [1.82, 2.24) is 15.1 Å². The van der Waals surface area contributed by atoms with E-state index in [1.165, 1.54) is 0 Å². The predicted molar refractivity (Wildman–Crippen MR) is 95.2 cm³/mol. The molecule has 0 bridgehead atoms. The van der Waals surface area contributed by atoms with Gasteiger partial charge < -0.3 is 15.4 Å². The Morgan fingerprint density at radius 1 is 1.24 bits per heavy atom. The highest BCUT2D eigenvalue weighted by Gasteiger charge is 2.17. The Labute approximate surface area is 147 Å². The van der Waals surface area contributed by atoms with Gasteiger partial charge in [-0.1, -0.05) is 19.1 Å². The molecule has 1 atom stereocenters. The average Bonchev–Trinajstić information content (AvgIpc) is 3.01. The van der Waals surface area contributed by atoms with Crippen LogP contribution in [0.4, 0.5) is 5.69 Å². The Balaban J connectivity index is 1.92. The van der Waals surface area contributed by atoms with Crippen molar-refractivity contribution in [3.63, 3.8) is 0 Å². The van der Waals surface area contributed by atoms with E-state index in [1.807, 2.05) is 33.2 Å². The summed E-state index contributed by atoms with van der Waals surface area (Å²) in [6, 6.07) is 6.98. The fourth-order valence-electron chi connectivity index (χ4n) is 2.48. The summed E-state index contributed by atoms with van der Waals surface area (Å²) < 4.78 is 7.14. The van der Waals surface area contributed by atoms with E-state index in [0.717, 1.165) is 5.56 Å². The summed E-state index contributed by atoms with van der Waals surface area (Å²) in [5.41, 5.74) is 1.47. The molecule has 1 unspecified atom stereocenters. The molecule has 2 amide bonds. The zero-order valence-corrected chi connectivity index (χ0v) is 14.8. The van der Waals surface area contributed by atoms with E-state index >= 15 is 0 Å². The molecule has 25 heavy (non-hydrogen) atoms. The highest BCUT2D eigenvalue weighted by atomic mass is 16.5. The van der Waals surface area contributed by atoms with Crippen molar-refractivity contribution in [2.24, 2.45) is 7.05 Å². The number of aryl methyl sites for hydroxylation is 1. The largest absolute Gasteiger partial charge is 0.492 e. The number of ether oxygens (including phenoxy) is 1. The van der Waals surface area contributed by atoms with Gasteiger partial charge in [0.05, 0.1) is 24.5 Å². The molecule has 2 N–H and O–H groups in total. The average molecular weight is 344 g/mol. The third kappa shape index (κ3) is 5.34. The highest BCUT2D eigenvalue weighted by Crippen LogP contribution is 2.23. The second-order valence-electron chi connectivity index (χ2n) is 5.63. The molecule has 2 rings (SSSR count). The molecule has 0 fully saturated rings. The molecule has 0 radical (unpaired) electrons. The van der Waals surface area contributed by atoms with Crippen LogP contribution >= 0.6 is 0 Å². The zero-order valence-electron chi connectivity index (χ0n) is 14.8. The van der Waals surface area contributed by atoms with Crippen LogP contribution in [-0.4, -0.2) is 28.2 Å². The molecule has 0 spiro atoms. The fourth-order valence-corrected chi connectivity index (χ4v) is 2.48. The van der Waals surface area contributed by atoms with Gasteiger partial charge in [0.1, 0.15) is 12.2 Å². The number of rotatable bonds is 8. The van der Waals surface area contributed by atoms with Crippen LogP contribution in [0.1, 0.15) is 38.3 Å². The maximum Gasteiger partial charge on any atom is 0.233 e. The summed E-state index contributed by atoms with van der Waals surface area (Å²) in [5.74, 6) is -0.131. The minimum absolute atomic E-state index is 0.162. The summed E-state index contributed by atoms with van der Waals surface area (Å²) in [4.78, 5) is 24.3. The maximum absolute atomic E-state index is 12.2. The molecule has 0 saturated carbocycles. The van der Waals surface area contributed by atoms with Crippen LogP contribution in [0, 0.1) is 0 Å². The molecule has 2 aromatic rings. The highest BCUT2D eigenvalue weighted by molar-refractivity contribution is 6.04. The smallest absolute Gasteiger partial charge is 0.233 e. The second-order valence-corrected chi connectivity index (χ2v) is 5.63. The Bertz CT molecular complexity index is 727. The molecular weight excluding hydrogens is 320 g/mol. The normalized spacial score (nSPS) is 11.6. The Morgan fingerprint density at radius 2 is 2.00 bits per heavy atom. The van der Waals surface area contributed by atoms with Gasteiger partial charge in [-0.15, -0.1) is 0 Å². The number of benzene rings is 1. The van der Waals surface area contributed by atoms with Gasteiger partial charge in [0.2, 0.25) is 11.8 Å². The van der Waals surface area contributed by atoms with Gasteiger partial charge in [-0.05, 0) is 25.5 Å². The van der Waals surface area contributed by atoms with Crippen molar-refractivity contribution in [3.05, 3.63) is 42.2 Å². The predicted octanol–water partition coefficient (Wildman–Crippen LogP) is 2.41. The number of anilines is 1. The second kappa shape index (κ2) is 8.86. The Kier molecular flexibility index (Phi) is 6.56. The quantitative estimate of drug-likeness (QED) is 0.720. The van der Waals surface area contributed by atoms with Crippen LogP contribution in [0.25, 0.3) is 0 Å². The summed E-state index contributed by atoms with van der Waals surface area (Å²) >= 11 is 0. The minimum atomic E-state index is -0.384. The summed E-state index contributed by atoms with van der Waals surface area (Å²) in [6.45, 7) is 4.34. The Hall–Kier alpha value is -2.83. The minimum Gasteiger partial charge on any atom is -0.492 e. The van der Waals surface area contributed by atoms with E-state index in [9.17, 15) is 9.59 Å². The summed E-state index contributed by atoms with van der Waals surface area (Å²) in [5, 5.41) is 9.70. The molecular formula is C18H24N4O3. The third-order valence-corrected chi connectivity index (χ3v) is 3.65. The fraction of sp³-hybridized carbons (Fsp3) is 0.389. The zero-order chi connectivity index (χ0) is 18.2. The van der Waals surface area contributed by atoms with Gasteiger partial charge in [0, 0.05) is 18.8 Å². The summed E-state index contributed by atoms with van der Waals surface area (Å²) in [7, 11) is 1.82. The number of aromatic nitrogens is 2. The molecule has 134 valence electrons. The number of hydrogen-bond donors (Lipinski definition) is 2. The van der Waals surface area contributed by atoms with Crippen LogP contribution in [0.15, 0.2) is 36.7 Å². The molecule has 1 aromatic carbocycles.